The van der Waals surface area contributed by atoms with Crippen LogP contribution in [0.2, 0.25) is 5.02 Å². The first-order valence-electron chi connectivity index (χ1n) is 5.81. The molecular formula is C13H17Cl2NO2. The summed E-state index contributed by atoms with van der Waals surface area (Å²) in [7, 11) is 0. The number of amides is 1. The number of benzene rings is 1. The minimum Gasteiger partial charge on any atom is -0.508 e. The SMILES string of the molecule is CC(C)C(CCCl)NC(=O)c1cc(O)ccc1Cl. The molecule has 0 aliphatic rings. The van der Waals surface area contributed by atoms with Crippen molar-refractivity contribution in [1.29, 1.82) is 0 Å². The molecule has 0 aromatic heterocycles. The minimum absolute atomic E-state index is 0.00610. The molecule has 0 radical (unpaired) electrons. The number of halogens is 2. The van der Waals surface area contributed by atoms with Crippen LogP contribution in [-0.2, 0) is 0 Å². The zero-order valence-electron chi connectivity index (χ0n) is 10.4. The van der Waals surface area contributed by atoms with E-state index in [-0.39, 0.29) is 29.2 Å². The van der Waals surface area contributed by atoms with Gasteiger partial charge >= 0.3 is 0 Å². The third kappa shape index (κ3) is 4.07. The van der Waals surface area contributed by atoms with Gasteiger partial charge in [0.15, 0.2) is 0 Å². The Hall–Kier alpha value is -0.930. The van der Waals surface area contributed by atoms with Gasteiger partial charge in [-0.2, -0.15) is 0 Å². The summed E-state index contributed by atoms with van der Waals surface area (Å²) < 4.78 is 0. The van der Waals surface area contributed by atoms with E-state index in [1.54, 1.807) is 0 Å². The van der Waals surface area contributed by atoms with Crippen molar-refractivity contribution < 1.29 is 9.90 Å². The Kier molecular flexibility index (Phi) is 5.76. The van der Waals surface area contributed by atoms with Crippen LogP contribution in [0.15, 0.2) is 18.2 Å². The maximum Gasteiger partial charge on any atom is 0.253 e. The molecule has 0 spiro atoms. The lowest BCUT2D eigenvalue weighted by Crippen LogP contribution is -2.39. The number of carbonyl (C=O) groups is 1. The number of hydrogen-bond acceptors (Lipinski definition) is 2. The Morgan fingerprint density at radius 1 is 1.44 bits per heavy atom. The molecule has 1 rings (SSSR count). The Labute approximate surface area is 117 Å². The lowest BCUT2D eigenvalue weighted by molar-refractivity contribution is 0.0924. The van der Waals surface area contributed by atoms with E-state index in [0.29, 0.717) is 17.3 Å². The summed E-state index contributed by atoms with van der Waals surface area (Å²) in [6, 6.07) is 4.29. The first kappa shape index (κ1) is 15.1. The summed E-state index contributed by atoms with van der Waals surface area (Å²) in [4.78, 5) is 12.1. The molecule has 0 heterocycles. The molecule has 2 N–H and O–H groups in total. The second-order valence-electron chi connectivity index (χ2n) is 4.47. The molecule has 18 heavy (non-hydrogen) atoms. The van der Waals surface area contributed by atoms with Crippen LogP contribution >= 0.6 is 23.2 Å². The number of carbonyl (C=O) groups excluding carboxylic acids is 1. The van der Waals surface area contributed by atoms with Gasteiger partial charge in [0.2, 0.25) is 0 Å². The van der Waals surface area contributed by atoms with Crippen LogP contribution in [0.3, 0.4) is 0 Å². The van der Waals surface area contributed by atoms with Crippen molar-refractivity contribution >= 4 is 29.1 Å². The highest BCUT2D eigenvalue weighted by Crippen LogP contribution is 2.21. The molecule has 0 bridgehead atoms. The Bertz CT molecular complexity index is 421. The van der Waals surface area contributed by atoms with Gasteiger partial charge in [-0.3, -0.25) is 4.79 Å². The van der Waals surface area contributed by atoms with E-state index in [1.807, 2.05) is 13.8 Å². The van der Waals surface area contributed by atoms with Crippen molar-refractivity contribution in [3.05, 3.63) is 28.8 Å². The monoisotopic (exact) mass is 289 g/mol. The summed E-state index contributed by atoms with van der Waals surface area (Å²) >= 11 is 11.6. The van der Waals surface area contributed by atoms with E-state index in [9.17, 15) is 9.90 Å². The van der Waals surface area contributed by atoms with Crippen LogP contribution in [0, 0.1) is 5.92 Å². The van der Waals surface area contributed by atoms with E-state index < -0.39 is 0 Å². The largest absolute Gasteiger partial charge is 0.508 e. The Morgan fingerprint density at radius 2 is 2.11 bits per heavy atom. The number of rotatable bonds is 5. The van der Waals surface area contributed by atoms with Crippen LogP contribution in [0.1, 0.15) is 30.6 Å². The number of phenols is 1. The van der Waals surface area contributed by atoms with Crippen molar-refractivity contribution in [2.24, 2.45) is 5.92 Å². The molecule has 0 saturated carbocycles. The Balaban J connectivity index is 2.83. The fraction of sp³-hybridized carbons (Fsp3) is 0.462. The van der Waals surface area contributed by atoms with Gasteiger partial charge in [-0.15, -0.1) is 11.6 Å². The van der Waals surface area contributed by atoms with Gasteiger partial charge in [0.1, 0.15) is 5.75 Å². The molecule has 100 valence electrons. The van der Waals surface area contributed by atoms with Gasteiger partial charge in [-0.25, -0.2) is 0 Å². The second kappa shape index (κ2) is 6.86. The maximum absolute atomic E-state index is 12.1. The second-order valence-corrected chi connectivity index (χ2v) is 5.25. The summed E-state index contributed by atoms with van der Waals surface area (Å²) in [6.07, 6.45) is 0.696. The predicted molar refractivity (Wildman–Crippen MR) is 74.5 cm³/mol. The van der Waals surface area contributed by atoms with Crippen LogP contribution < -0.4 is 5.32 Å². The molecule has 1 aromatic rings. The highest BCUT2D eigenvalue weighted by atomic mass is 35.5. The molecule has 1 unspecified atom stereocenters. The van der Waals surface area contributed by atoms with E-state index in [1.165, 1.54) is 18.2 Å². The zero-order valence-corrected chi connectivity index (χ0v) is 11.9. The van der Waals surface area contributed by atoms with E-state index in [2.05, 4.69) is 5.32 Å². The van der Waals surface area contributed by atoms with Crippen molar-refractivity contribution in [2.75, 3.05) is 5.88 Å². The number of phenolic OH excluding ortho intramolecular Hbond substituents is 1. The van der Waals surface area contributed by atoms with E-state index in [4.69, 9.17) is 23.2 Å². The molecular weight excluding hydrogens is 273 g/mol. The molecule has 3 nitrogen and oxygen atoms in total. The molecule has 0 aliphatic carbocycles. The van der Waals surface area contributed by atoms with Crippen LogP contribution in [0.4, 0.5) is 0 Å². The topological polar surface area (TPSA) is 49.3 Å². The average Bonchev–Trinajstić information content (AvgIpc) is 2.31. The first-order chi connectivity index (χ1) is 8.45. The highest BCUT2D eigenvalue weighted by molar-refractivity contribution is 6.33. The van der Waals surface area contributed by atoms with Gasteiger partial charge in [-0.05, 0) is 30.5 Å². The minimum atomic E-state index is -0.292. The number of nitrogens with one attached hydrogen (secondary N) is 1. The van der Waals surface area contributed by atoms with Gasteiger partial charge < -0.3 is 10.4 Å². The van der Waals surface area contributed by atoms with Crippen molar-refractivity contribution in [1.82, 2.24) is 5.32 Å². The lowest BCUT2D eigenvalue weighted by atomic mass is 10.0. The van der Waals surface area contributed by atoms with Gasteiger partial charge in [-0.1, -0.05) is 25.4 Å². The fourth-order valence-electron chi connectivity index (χ4n) is 1.62. The molecule has 5 heteroatoms. The van der Waals surface area contributed by atoms with E-state index in [0.717, 1.165) is 0 Å². The van der Waals surface area contributed by atoms with Crippen LogP contribution in [-0.4, -0.2) is 22.9 Å². The number of aromatic hydroxyl groups is 1. The quantitative estimate of drug-likeness (QED) is 0.816. The highest BCUT2D eigenvalue weighted by Gasteiger charge is 2.18. The summed E-state index contributed by atoms with van der Waals surface area (Å²) in [6.45, 7) is 4.03. The van der Waals surface area contributed by atoms with E-state index >= 15 is 0 Å². The van der Waals surface area contributed by atoms with Crippen LogP contribution in [0.25, 0.3) is 0 Å². The molecule has 0 aliphatic heterocycles. The smallest absolute Gasteiger partial charge is 0.253 e. The summed E-state index contributed by atoms with van der Waals surface area (Å²) in [5, 5.41) is 12.6. The summed E-state index contributed by atoms with van der Waals surface area (Å²) in [5.41, 5.74) is 0.275. The lowest BCUT2D eigenvalue weighted by Gasteiger charge is -2.21. The van der Waals surface area contributed by atoms with Gasteiger partial charge in [0.05, 0.1) is 10.6 Å². The molecule has 1 amide bonds. The first-order valence-corrected chi connectivity index (χ1v) is 6.72. The van der Waals surface area contributed by atoms with Crippen molar-refractivity contribution in [3.8, 4) is 5.75 Å². The third-order valence-corrected chi connectivity index (χ3v) is 3.28. The van der Waals surface area contributed by atoms with Crippen molar-refractivity contribution in [2.45, 2.75) is 26.3 Å². The number of alkyl halides is 1. The molecule has 0 fully saturated rings. The fourth-order valence-corrected chi connectivity index (χ4v) is 2.06. The number of hydrogen-bond donors (Lipinski definition) is 2. The standard InChI is InChI=1S/C13H17Cl2NO2/c1-8(2)12(5-6-14)16-13(18)10-7-9(17)3-4-11(10)15/h3-4,7-8,12,17H,5-6H2,1-2H3,(H,16,18). The summed E-state index contributed by atoms with van der Waals surface area (Å²) in [5.74, 6) is 0.489. The third-order valence-electron chi connectivity index (χ3n) is 2.74. The van der Waals surface area contributed by atoms with Gasteiger partial charge in [0, 0.05) is 11.9 Å². The Morgan fingerprint density at radius 3 is 2.67 bits per heavy atom. The molecule has 1 atom stereocenters. The maximum atomic E-state index is 12.1. The predicted octanol–water partition coefficient (Wildman–Crippen LogP) is 3.43. The average molecular weight is 290 g/mol. The van der Waals surface area contributed by atoms with Gasteiger partial charge in [0.25, 0.3) is 5.91 Å². The normalized spacial score (nSPS) is 12.5. The molecule has 0 saturated heterocycles. The van der Waals surface area contributed by atoms with Crippen LogP contribution in [0.5, 0.6) is 5.75 Å². The zero-order chi connectivity index (χ0) is 13.7. The molecule has 1 aromatic carbocycles. The van der Waals surface area contributed by atoms with Crippen molar-refractivity contribution in [3.63, 3.8) is 0 Å².